The number of hydrogen-bond donors (Lipinski definition) is 1. The molecule has 1 amide bonds. The lowest BCUT2D eigenvalue weighted by atomic mass is 9.97. The van der Waals surface area contributed by atoms with E-state index in [2.05, 4.69) is 21.8 Å². The summed E-state index contributed by atoms with van der Waals surface area (Å²) >= 11 is 0. The van der Waals surface area contributed by atoms with E-state index in [4.69, 9.17) is 9.72 Å². The second kappa shape index (κ2) is 7.57. The molecule has 172 valence electrons. The molecule has 7 nitrogen and oxygen atoms in total. The van der Waals surface area contributed by atoms with Gasteiger partial charge in [-0.3, -0.25) is 4.79 Å². The van der Waals surface area contributed by atoms with Crippen LogP contribution in [-0.2, 0) is 0 Å². The fourth-order valence-electron chi connectivity index (χ4n) is 5.12. The van der Waals surface area contributed by atoms with E-state index < -0.39 is 6.61 Å². The molecule has 3 aliphatic heterocycles. The fourth-order valence-corrected chi connectivity index (χ4v) is 5.12. The quantitative estimate of drug-likeness (QED) is 0.593. The van der Waals surface area contributed by atoms with Crippen molar-refractivity contribution in [1.29, 1.82) is 0 Å². The molecule has 2 aromatic carbocycles. The molecule has 1 aromatic heterocycles. The van der Waals surface area contributed by atoms with E-state index in [1.165, 1.54) is 6.07 Å². The second-order valence-corrected chi connectivity index (χ2v) is 8.67. The zero-order valence-electron chi connectivity index (χ0n) is 18.5. The molecule has 2 bridgehead atoms. The van der Waals surface area contributed by atoms with Gasteiger partial charge in [0.05, 0.1) is 23.1 Å². The summed E-state index contributed by atoms with van der Waals surface area (Å²) in [6.07, 6.45) is 2.49. The number of nitrogens with one attached hydrogen (secondary N) is 1. The molecule has 34 heavy (non-hydrogen) atoms. The number of alkyl halides is 2. The van der Waals surface area contributed by atoms with Crippen LogP contribution < -0.4 is 10.2 Å². The molecule has 0 unspecified atom stereocenters. The molecule has 9 heteroatoms. The minimum Gasteiger partial charge on any atom is -0.434 e. The van der Waals surface area contributed by atoms with Gasteiger partial charge in [0.15, 0.2) is 0 Å². The van der Waals surface area contributed by atoms with Crippen molar-refractivity contribution in [3.05, 3.63) is 70.7 Å². The smallest absolute Gasteiger partial charge is 0.387 e. The van der Waals surface area contributed by atoms with E-state index >= 15 is 0 Å². The lowest BCUT2D eigenvalue weighted by Crippen LogP contribution is -2.30. The monoisotopic (exact) mass is 461 g/mol. The van der Waals surface area contributed by atoms with Gasteiger partial charge in [0.25, 0.3) is 5.91 Å². The summed E-state index contributed by atoms with van der Waals surface area (Å²) in [6, 6.07) is 9.92. The molecule has 1 N–H and O–H groups in total. The highest BCUT2D eigenvalue weighted by Gasteiger charge is 2.45. The molecule has 6 rings (SSSR count). The van der Waals surface area contributed by atoms with Crippen LogP contribution in [0.4, 0.5) is 8.78 Å². The second-order valence-electron chi connectivity index (χ2n) is 8.67. The third-order valence-corrected chi connectivity index (χ3v) is 6.64. The van der Waals surface area contributed by atoms with Crippen molar-refractivity contribution in [2.75, 3.05) is 20.6 Å². The predicted molar refractivity (Wildman–Crippen MR) is 121 cm³/mol. The van der Waals surface area contributed by atoms with Gasteiger partial charge in [0, 0.05) is 55.5 Å². The Balaban J connectivity index is 1.51. The Morgan fingerprint density at radius 3 is 2.79 bits per heavy atom. The van der Waals surface area contributed by atoms with Gasteiger partial charge in [0.2, 0.25) is 0 Å². The molecule has 0 saturated carbocycles. The highest BCUT2D eigenvalue weighted by Crippen LogP contribution is 2.49. The average Bonchev–Trinajstić information content (AvgIpc) is 3.48. The number of carbonyl (C=O) groups is 1. The number of carbonyl (C=O) groups excluding carboxylic acids is 1. The van der Waals surface area contributed by atoms with E-state index in [1.54, 1.807) is 24.1 Å². The van der Waals surface area contributed by atoms with Gasteiger partial charge >= 0.3 is 6.61 Å². The predicted octanol–water partition coefficient (Wildman–Crippen LogP) is 3.44. The number of fused-ring (bicyclic) bond motifs is 9. The summed E-state index contributed by atoms with van der Waals surface area (Å²) in [7, 11) is 3.65. The number of aromatic nitrogens is 2. The first-order chi connectivity index (χ1) is 16.4. The fraction of sp³-hybridized carbons (Fsp3) is 0.280. The van der Waals surface area contributed by atoms with E-state index in [0.717, 1.165) is 28.0 Å². The molecule has 0 radical (unpaired) electrons. The number of halogens is 2. The number of nitrogens with zero attached hydrogens (tertiary/aromatic N) is 4. The minimum atomic E-state index is -2.99. The van der Waals surface area contributed by atoms with Crippen LogP contribution in [0.3, 0.4) is 0 Å². The van der Waals surface area contributed by atoms with Gasteiger partial charge in [-0.05, 0) is 30.3 Å². The van der Waals surface area contributed by atoms with Crippen LogP contribution in [0.15, 0.2) is 48.2 Å². The largest absolute Gasteiger partial charge is 0.434 e. The first-order valence-corrected chi connectivity index (χ1v) is 11.0. The van der Waals surface area contributed by atoms with E-state index in [1.807, 2.05) is 36.5 Å². The van der Waals surface area contributed by atoms with Gasteiger partial charge < -0.3 is 19.2 Å². The lowest BCUT2D eigenvalue weighted by molar-refractivity contribution is -0.0507. The number of rotatable bonds is 2. The SMILES string of the molecule is CN1C=C(C#Cc2ccc3nc4n(c3c2)[C@@H]2C[C@H]4N(C)C(=O)c3cccc(OC(F)F)c32)CN1. The Kier molecular flexibility index (Phi) is 4.61. The summed E-state index contributed by atoms with van der Waals surface area (Å²) in [5.74, 6) is 6.94. The van der Waals surface area contributed by atoms with Gasteiger partial charge in [-0.2, -0.15) is 8.78 Å². The van der Waals surface area contributed by atoms with Crippen molar-refractivity contribution in [1.82, 2.24) is 24.9 Å². The molecule has 4 heterocycles. The number of ether oxygens (including phenoxy) is 1. The number of hydrogen-bond acceptors (Lipinski definition) is 5. The molecule has 0 saturated heterocycles. The molecule has 0 aliphatic carbocycles. The lowest BCUT2D eigenvalue weighted by Gasteiger charge is -2.24. The maximum absolute atomic E-state index is 13.2. The van der Waals surface area contributed by atoms with Crippen LogP contribution in [0.2, 0.25) is 0 Å². The van der Waals surface area contributed by atoms with Crippen molar-refractivity contribution in [3.8, 4) is 17.6 Å². The molecular formula is C25H21F2N5O2. The summed E-state index contributed by atoms with van der Waals surface area (Å²) in [6.45, 7) is -2.30. The molecule has 3 aliphatic rings. The Morgan fingerprint density at radius 1 is 1.18 bits per heavy atom. The third-order valence-electron chi connectivity index (χ3n) is 6.64. The van der Waals surface area contributed by atoms with Gasteiger partial charge in [0.1, 0.15) is 11.6 Å². The number of hydrazine groups is 1. The normalized spacial score (nSPS) is 20.7. The zero-order chi connectivity index (χ0) is 23.6. The maximum Gasteiger partial charge on any atom is 0.387 e. The van der Waals surface area contributed by atoms with Crippen LogP contribution in [-0.4, -0.2) is 52.6 Å². The molecule has 0 fully saturated rings. The van der Waals surface area contributed by atoms with Crippen LogP contribution in [0.25, 0.3) is 11.0 Å². The number of imidazole rings is 1. The number of amides is 1. The maximum atomic E-state index is 13.2. The standard InChI is InChI=1S/C25H21F2N5O2/c1-30-13-15(12-28-30)7-6-14-8-9-17-18(10-14)32-19-11-20(23(32)29-17)31(2)24(33)16-4-3-5-21(22(16)19)34-25(26)27/h3-5,8-10,13,19-20,25,28H,11-12H2,1-2H3/t19-,20-/m1/s1. The van der Waals surface area contributed by atoms with Crippen LogP contribution in [0.5, 0.6) is 5.75 Å². The van der Waals surface area contributed by atoms with Crippen molar-refractivity contribution < 1.29 is 18.3 Å². The molecule has 3 aromatic rings. The molecule has 2 atom stereocenters. The topological polar surface area (TPSA) is 62.6 Å². The Morgan fingerprint density at radius 2 is 2.03 bits per heavy atom. The summed E-state index contributed by atoms with van der Waals surface area (Å²) in [5.41, 5.74) is 7.44. The van der Waals surface area contributed by atoms with Gasteiger partial charge in [-0.15, -0.1) is 0 Å². The first-order valence-electron chi connectivity index (χ1n) is 11.0. The van der Waals surface area contributed by atoms with Crippen molar-refractivity contribution in [3.63, 3.8) is 0 Å². The molecular weight excluding hydrogens is 440 g/mol. The Bertz CT molecular complexity index is 1430. The first kappa shape index (κ1) is 20.7. The minimum absolute atomic E-state index is 0.0235. The van der Waals surface area contributed by atoms with E-state index in [-0.39, 0.29) is 23.7 Å². The van der Waals surface area contributed by atoms with Crippen LogP contribution in [0.1, 0.15) is 45.8 Å². The van der Waals surface area contributed by atoms with Crippen LogP contribution >= 0.6 is 0 Å². The van der Waals surface area contributed by atoms with Crippen molar-refractivity contribution in [2.24, 2.45) is 0 Å². The summed E-state index contributed by atoms with van der Waals surface area (Å²) < 4.78 is 33.4. The van der Waals surface area contributed by atoms with Gasteiger partial charge in [-0.1, -0.05) is 17.9 Å². The van der Waals surface area contributed by atoms with Crippen LogP contribution in [0, 0.1) is 11.8 Å². The van der Waals surface area contributed by atoms with Crippen molar-refractivity contribution >= 4 is 16.9 Å². The number of benzene rings is 2. The Hall–Kier alpha value is -3.90. The van der Waals surface area contributed by atoms with E-state index in [0.29, 0.717) is 24.1 Å². The van der Waals surface area contributed by atoms with Gasteiger partial charge in [-0.25, -0.2) is 10.4 Å². The van der Waals surface area contributed by atoms with Crippen molar-refractivity contribution in [2.45, 2.75) is 25.1 Å². The zero-order valence-corrected chi connectivity index (χ0v) is 18.5. The third kappa shape index (κ3) is 3.14. The average molecular weight is 461 g/mol. The summed E-state index contributed by atoms with van der Waals surface area (Å²) in [4.78, 5) is 19.7. The summed E-state index contributed by atoms with van der Waals surface area (Å²) in [5, 5.41) is 1.87. The van der Waals surface area contributed by atoms with E-state index in [9.17, 15) is 13.6 Å². The Labute approximate surface area is 194 Å². The highest BCUT2D eigenvalue weighted by molar-refractivity contribution is 5.97. The molecule has 0 spiro atoms. The highest BCUT2D eigenvalue weighted by atomic mass is 19.3.